The number of benzene rings is 1. The highest BCUT2D eigenvalue weighted by Crippen LogP contribution is 2.07. The number of carboxylic acid groups (broad SMARTS) is 1. The van der Waals surface area contributed by atoms with Gasteiger partial charge in [-0.3, -0.25) is 4.79 Å². The summed E-state index contributed by atoms with van der Waals surface area (Å²) in [7, 11) is 0. The van der Waals surface area contributed by atoms with Gasteiger partial charge < -0.3 is 15.3 Å². The van der Waals surface area contributed by atoms with Crippen LogP contribution >= 0.6 is 0 Å². The Hall–Kier alpha value is -2.04. The summed E-state index contributed by atoms with van der Waals surface area (Å²) in [5.74, 6) is -0.895. The first-order valence-electron chi connectivity index (χ1n) is 7.22. The van der Waals surface area contributed by atoms with Crippen molar-refractivity contribution < 1.29 is 14.7 Å². The molecule has 1 aromatic rings. The lowest BCUT2D eigenvalue weighted by molar-refractivity contribution is -0.137. The van der Waals surface area contributed by atoms with Crippen LogP contribution in [0.15, 0.2) is 24.3 Å². The fourth-order valence-corrected chi connectivity index (χ4v) is 2.11. The molecule has 1 aromatic carbocycles. The molecule has 0 saturated carbocycles. The Morgan fingerprint density at radius 1 is 1.29 bits per heavy atom. The highest BCUT2D eigenvalue weighted by molar-refractivity contribution is 5.75. The number of amides is 2. The molecule has 0 aliphatic carbocycles. The first kappa shape index (κ1) is 17.0. The zero-order valence-electron chi connectivity index (χ0n) is 12.9. The van der Waals surface area contributed by atoms with Crippen molar-refractivity contribution in [1.82, 2.24) is 10.2 Å². The van der Waals surface area contributed by atoms with Gasteiger partial charge in [0, 0.05) is 19.1 Å². The number of carboxylic acids is 1. The number of nitrogens with one attached hydrogen (secondary N) is 1. The van der Waals surface area contributed by atoms with Gasteiger partial charge in [0.1, 0.15) is 0 Å². The second kappa shape index (κ2) is 8.29. The standard InChI is InChI=1S/C16H24N2O3/c1-12(2)18(11-9-15(19)20)16(21)17-10-8-14-7-5-4-6-13(14)3/h4-7,12H,8-11H2,1-3H3,(H,17,21)(H,19,20). The average molecular weight is 292 g/mol. The summed E-state index contributed by atoms with van der Waals surface area (Å²) >= 11 is 0. The SMILES string of the molecule is Cc1ccccc1CCNC(=O)N(CCC(=O)O)C(C)C. The zero-order valence-corrected chi connectivity index (χ0v) is 12.9. The van der Waals surface area contributed by atoms with Gasteiger partial charge in [-0.15, -0.1) is 0 Å². The number of urea groups is 1. The summed E-state index contributed by atoms with van der Waals surface area (Å²) in [5, 5.41) is 11.6. The Morgan fingerprint density at radius 3 is 2.52 bits per heavy atom. The molecule has 2 N–H and O–H groups in total. The number of carbonyl (C=O) groups is 2. The van der Waals surface area contributed by atoms with E-state index >= 15 is 0 Å². The van der Waals surface area contributed by atoms with Gasteiger partial charge in [-0.05, 0) is 38.3 Å². The summed E-state index contributed by atoms with van der Waals surface area (Å²) < 4.78 is 0. The van der Waals surface area contributed by atoms with E-state index in [-0.39, 0.29) is 25.0 Å². The Balaban J connectivity index is 2.46. The fourth-order valence-electron chi connectivity index (χ4n) is 2.11. The summed E-state index contributed by atoms with van der Waals surface area (Å²) in [6.07, 6.45) is 0.729. The first-order valence-corrected chi connectivity index (χ1v) is 7.22. The van der Waals surface area contributed by atoms with E-state index < -0.39 is 5.97 Å². The number of aliphatic carboxylic acids is 1. The average Bonchev–Trinajstić information content (AvgIpc) is 2.40. The first-order chi connectivity index (χ1) is 9.91. The molecule has 0 fully saturated rings. The van der Waals surface area contributed by atoms with Crippen LogP contribution in [0.5, 0.6) is 0 Å². The third-order valence-electron chi connectivity index (χ3n) is 3.38. The predicted molar refractivity (Wildman–Crippen MR) is 82.4 cm³/mol. The second-order valence-electron chi connectivity index (χ2n) is 5.34. The Bertz CT molecular complexity index is 486. The van der Waals surface area contributed by atoms with E-state index in [0.29, 0.717) is 6.54 Å². The van der Waals surface area contributed by atoms with Crippen LogP contribution in [0.4, 0.5) is 4.79 Å². The summed E-state index contributed by atoms with van der Waals surface area (Å²) in [6.45, 7) is 6.57. The minimum atomic E-state index is -0.895. The van der Waals surface area contributed by atoms with Crippen LogP contribution in [0, 0.1) is 6.92 Å². The number of hydrogen-bond donors (Lipinski definition) is 2. The van der Waals surface area contributed by atoms with E-state index in [2.05, 4.69) is 5.32 Å². The molecule has 0 radical (unpaired) electrons. The highest BCUT2D eigenvalue weighted by Gasteiger charge is 2.17. The maximum atomic E-state index is 12.1. The number of hydrogen-bond acceptors (Lipinski definition) is 2. The Kier molecular flexibility index (Phi) is 6.72. The predicted octanol–water partition coefficient (Wildman–Crippen LogP) is 2.43. The summed E-state index contributed by atoms with van der Waals surface area (Å²) in [5.41, 5.74) is 2.41. The molecule has 116 valence electrons. The number of rotatable bonds is 7. The van der Waals surface area contributed by atoms with Gasteiger partial charge in [-0.25, -0.2) is 4.79 Å². The molecule has 2 amide bonds. The van der Waals surface area contributed by atoms with E-state index in [0.717, 1.165) is 6.42 Å². The van der Waals surface area contributed by atoms with Gasteiger partial charge in [0.05, 0.1) is 6.42 Å². The number of aryl methyl sites for hydroxylation is 1. The van der Waals surface area contributed by atoms with Gasteiger partial charge in [-0.1, -0.05) is 24.3 Å². The van der Waals surface area contributed by atoms with Gasteiger partial charge in [0.15, 0.2) is 0 Å². The van der Waals surface area contributed by atoms with Crippen molar-refractivity contribution in [2.24, 2.45) is 0 Å². The van der Waals surface area contributed by atoms with Crippen molar-refractivity contribution in [3.8, 4) is 0 Å². The molecule has 0 unspecified atom stereocenters. The van der Waals surface area contributed by atoms with Crippen molar-refractivity contribution in [2.75, 3.05) is 13.1 Å². The molecular formula is C16H24N2O3. The molecule has 0 spiro atoms. The third kappa shape index (κ3) is 5.85. The molecule has 0 aliphatic rings. The topological polar surface area (TPSA) is 69.6 Å². The normalized spacial score (nSPS) is 10.5. The van der Waals surface area contributed by atoms with E-state index in [4.69, 9.17) is 5.11 Å². The third-order valence-corrected chi connectivity index (χ3v) is 3.38. The molecule has 0 heterocycles. The minimum absolute atomic E-state index is 0.0252. The highest BCUT2D eigenvalue weighted by atomic mass is 16.4. The van der Waals surface area contributed by atoms with Crippen molar-refractivity contribution in [3.05, 3.63) is 35.4 Å². The van der Waals surface area contributed by atoms with Gasteiger partial charge in [-0.2, -0.15) is 0 Å². The number of nitrogens with zero attached hydrogens (tertiary/aromatic N) is 1. The van der Waals surface area contributed by atoms with Crippen molar-refractivity contribution in [1.29, 1.82) is 0 Å². The van der Waals surface area contributed by atoms with Crippen LogP contribution in [0.25, 0.3) is 0 Å². The molecule has 1 rings (SSSR count). The summed E-state index contributed by atoms with van der Waals surface area (Å²) in [4.78, 5) is 24.3. The van der Waals surface area contributed by atoms with Gasteiger partial charge in [0.2, 0.25) is 0 Å². The second-order valence-corrected chi connectivity index (χ2v) is 5.34. The van der Waals surface area contributed by atoms with Crippen LogP contribution in [0.2, 0.25) is 0 Å². The maximum absolute atomic E-state index is 12.1. The van der Waals surface area contributed by atoms with Crippen LogP contribution in [0.1, 0.15) is 31.4 Å². The molecule has 0 saturated heterocycles. The molecule has 0 atom stereocenters. The fraction of sp³-hybridized carbons (Fsp3) is 0.500. The lowest BCUT2D eigenvalue weighted by Gasteiger charge is -2.26. The quantitative estimate of drug-likeness (QED) is 0.811. The number of carbonyl (C=O) groups excluding carboxylic acids is 1. The van der Waals surface area contributed by atoms with E-state index in [9.17, 15) is 9.59 Å². The smallest absolute Gasteiger partial charge is 0.317 e. The van der Waals surface area contributed by atoms with Crippen molar-refractivity contribution >= 4 is 12.0 Å². The van der Waals surface area contributed by atoms with Crippen LogP contribution in [-0.4, -0.2) is 41.1 Å². The molecule has 0 aliphatic heterocycles. The van der Waals surface area contributed by atoms with E-state index in [1.165, 1.54) is 11.1 Å². The maximum Gasteiger partial charge on any atom is 0.317 e. The lowest BCUT2D eigenvalue weighted by Crippen LogP contribution is -2.45. The van der Waals surface area contributed by atoms with Crippen LogP contribution in [0.3, 0.4) is 0 Å². The van der Waals surface area contributed by atoms with Crippen LogP contribution in [-0.2, 0) is 11.2 Å². The van der Waals surface area contributed by atoms with Crippen molar-refractivity contribution in [3.63, 3.8) is 0 Å². The molecule has 5 heteroatoms. The van der Waals surface area contributed by atoms with Crippen molar-refractivity contribution in [2.45, 2.75) is 39.7 Å². The largest absolute Gasteiger partial charge is 0.481 e. The van der Waals surface area contributed by atoms with E-state index in [1.807, 2.05) is 45.0 Å². The molecule has 0 aromatic heterocycles. The van der Waals surface area contributed by atoms with Gasteiger partial charge in [0.25, 0.3) is 0 Å². The minimum Gasteiger partial charge on any atom is -0.481 e. The van der Waals surface area contributed by atoms with Crippen LogP contribution < -0.4 is 5.32 Å². The summed E-state index contributed by atoms with van der Waals surface area (Å²) in [6, 6.07) is 7.83. The Labute approximate surface area is 126 Å². The lowest BCUT2D eigenvalue weighted by atomic mass is 10.1. The monoisotopic (exact) mass is 292 g/mol. The molecule has 21 heavy (non-hydrogen) atoms. The van der Waals surface area contributed by atoms with Gasteiger partial charge >= 0.3 is 12.0 Å². The Morgan fingerprint density at radius 2 is 1.95 bits per heavy atom. The molecule has 5 nitrogen and oxygen atoms in total. The zero-order chi connectivity index (χ0) is 15.8. The molecular weight excluding hydrogens is 268 g/mol. The van der Waals surface area contributed by atoms with E-state index in [1.54, 1.807) is 4.90 Å². The molecule has 0 bridgehead atoms.